The van der Waals surface area contributed by atoms with Gasteiger partial charge in [-0.3, -0.25) is 0 Å². The molecule has 2 heteroatoms. The van der Waals surface area contributed by atoms with E-state index in [0.717, 1.165) is 36.1 Å². The van der Waals surface area contributed by atoms with Crippen molar-refractivity contribution in [1.82, 2.24) is 0 Å². The summed E-state index contributed by atoms with van der Waals surface area (Å²) in [5, 5.41) is 8.32. The fourth-order valence-corrected chi connectivity index (χ4v) is 5.22. The molecule has 0 spiro atoms. The van der Waals surface area contributed by atoms with Gasteiger partial charge >= 0.3 is 0 Å². The third-order valence-electron chi connectivity index (χ3n) is 7.42. The average molecular weight is 509 g/mol. The van der Waals surface area contributed by atoms with Crippen molar-refractivity contribution in [3.63, 3.8) is 0 Å². The van der Waals surface area contributed by atoms with Crippen molar-refractivity contribution in [2.24, 2.45) is 0 Å². The van der Waals surface area contributed by atoms with Crippen LogP contribution in [0.5, 0.6) is 0 Å². The summed E-state index contributed by atoms with van der Waals surface area (Å²) in [7, 11) is 0. The summed E-state index contributed by atoms with van der Waals surface area (Å²) < 4.78 is 0. The second-order valence-corrected chi connectivity index (χ2v) is 9.80. The maximum atomic E-state index is 4.10. The Morgan fingerprint density at radius 2 is 1.41 bits per heavy atom. The van der Waals surface area contributed by atoms with Crippen LogP contribution in [0.4, 0.5) is 11.4 Å². The number of benzene rings is 5. The summed E-state index contributed by atoms with van der Waals surface area (Å²) >= 11 is 0. The Bertz CT molecular complexity index is 1670. The van der Waals surface area contributed by atoms with Crippen LogP contribution in [0.2, 0.25) is 0 Å². The van der Waals surface area contributed by atoms with Crippen LogP contribution in [0.15, 0.2) is 116 Å². The SMILES string of the molecule is C=Cc1ccc(CNc2ccc(C(c3ccc(N(CC)CC)cc3)=c3ccc(=C)cc3)c3ccccc23)cc1. The van der Waals surface area contributed by atoms with Gasteiger partial charge in [-0.15, -0.1) is 0 Å². The van der Waals surface area contributed by atoms with Crippen LogP contribution >= 0.6 is 0 Å². The second kappa shape index (κ2) is 11.9. The molecule has 0 aliphatic heterocycles. The minimum Gasteiger partial charge on any atom is -0.380 e. The number of nitrogens with zero attached hydrogens (tertiary/aromatic N) is 1. The molecular weight excluding hydrogens is 472 g/mol. The summed E-state index contributed by atoms with van der Waals surface area (Å²) in [6.07, 6.45) is 1.87. The molecule has 0 saturated carbocycles. The molecule has 0 amide bonds. The molecule has 5 rings (SSSR count). The average Bonchev–Trinajstić information content (AvgIpc) is 2.99. The topological polar surface area (TPSA) is 15.3 Å². The Kier molecular flexibility index (Phi) is 7.94. The smallest absolute Gasteiger partial charge is 0.0422 e. The van der Waals surface area contributed by atoms with E-state index >= 15 is 0 Å². The highest BCUT2D eigenvalue weighted by atomic mass is 15.1. The Morgan fingerprint density at radius 1 is 0.744 bits per heavy atom. The van der Waals surface area contributed by atoms with E-state index in [-0.39, 0.29) is 0 Å². The zero-order valence-corrected chi connectivity index (χ0v) is 23.0. The van der Waals surface area contributed by atoms with Crippen molar-refractivity contribution in [1.29, 1.82) is 0 Å². The first-order valence-corrected chi connectivity index (χ1v) is 13.7. The van der Waals surface area contributed by atoms with Gasteiger partial charge in [0.1, 0.15) is 0 Å². The molecule has 0 aliphatic rings. The molecule has 0 saturated heterocycles. The molecule has 2 nitrogen and oxygen atoms in total. The zero-order valence-electron chi connectivity index (χ0n) is 23.0. The van der Waals surface area contributed by atoms with Crippen LogP contribution in [-0.4, -0.2) is 13.1 Å². The van der Waals surface area contributed by atoms with E-state index in [1.165, 1.54) is 43.9 Å². The zero-order chi connectivity index (χ0) is 27.2. The summed E-state index contributed by atoms with van der Waals surface area (Å²) in [6.45, 7) is 15.1. The first-order chi connectivity index (χ1) is 19.1. The number of fused-ring (bicyclic) bond motifs is 1. The van der Waals surface area contributed by atoms with Crippen LogP contribution < -0.4 is 20.7 Å². The van der Waals surface area contributed by atoms with Crippen molar-refractivity contribution in [3.8, 4) is 0 Å². The molecule has 1 N–H and O–H groups in total. The van der Waals surface area contributed by atoms with E-state index in [2.05, 4.69) is 146 Å². The molecule has 0 unspecified atom stereocenters. The molecule has 39 heavy (non-hydrogen) atoms. The van der Waals surface area contributed by atoms with Crippen LogP contribution in [-0.2, 0) is 6.54 Å². The fraction of sp³-hybridized carbons (Fsp3) is 0.135. The van der Waals surface area contributed by atoms with Crippen LogP contribution in [0, 0.1) is 0 Å². The van der Waals surface area contributed by atoms with Gasteiger partial charge in [-0.05, 0) is 75.7 Å². The lowest BCUT2D eigenvalue weighted by atomic mass is 9.90. The highest BCUT2D eigenvalue weighted by Gasteiger charge is 2.13. The molecule has 0 aromatic heterocycles. The van der Waals surface area contributed by atoms with E-state index in [9.17, 15) is 0 Å². The Balaban J connectivity index is 1.60. The predicted molar refractivity (Wildman–Crippen MR) is 171 cm³/mol. The third-order valence-corrected chi connectivity index (χ3v) is 7.42. The first kappa shape index (κ1) is 26.1. The molecule has 0 radical (unpaired) electrons. The Morgan fingerprint density at radius 3 is 2.05 bits per heavy atom. The predicted octanol–water partition coefficient (Wildman–Crippen LogP) is 7.60. The number of nitrogens with one attached hydrogen (secondary N) is 1. The molecule has 0 atom stereocenters. The summed E-state index contributed by atoms with van der Waals surface area (Å²) in [5.74, 6) is 0. The number of rotatable bonds is 9. The highest BCUT2D eigenvalue weighted by Crippen LogP contribution is 2.33. The van der Waals surface area contributed by atoms with E-state index in [4.69, 9.17) is 0 Å². The minimum absolute atomic E-state index is 0.759. The molecule has 0 aliphatic carbocycles. The summed E-state index contributed by atoms with van der Waals surface area (Å²) in [5.41, 5.74) is 8.41. The van der Waals surface area contributed by atoms with E-state index in [1.54, 1.807) is 0 Å². The molecule has 0 heterocycles. The molecule has 0 bridgehead atoms. The lowest BCUT2D eigenvalue weighted by Crippen LogP contribution is -2.21. The third kappa shape index (κ3) is 5.66. The quantitative estimate of drug-likeness (QED) is 0.221. The number of hydrogen-bond acceptors (Lipinski definition) is 2. The van der Waals surface area contributed by atoms with Gasteiger partial charge in [-0.2, -0.15) is 0 Å². The van der Waals surface area contributed by atoms with E-state index in [0.29, 0.717) is 0 Å². The van der Waals surface area contributed by atoms with Crippen molar-refractivity contribution in [3.05, 3.63) is 148 Å². The van der Waals surface area contributed by atoms with Gasteiger partial charge in [0.05, 0.1) is 0 Å². The first-order valence-electron chi connectivity index (χ1n) is 13.7. The Hall–Kier alpha value is -4.56. The van der Waals surface area contributed by atoms with Crippen LogP contribution in [0.25, 0.3) is 29.0 Å². The fourth-order valence-electron chi connectivity index (χ4n) is 5.22. The number of hydrogen-bond donors (Lipinski definition) is 1. The maximum Gasteiger partial charge on any atom is 0.0422 e. The maximum absolute atomic E-state index is 4.10. The molecule has 194 valence electrons. The van der Waals surface area contributed by atoms with Gasteiger partial charge in [0.15, 0.2) is 0 Å². The van der Waals surface area contributed by atoms with Gasteiger partial charge in [-0.25, -0.2) is 0 Å². The highest BCUT2D eigenvalue weighted by molar-refractivity contribution is 6.03. The van der Waals surface area contributed by atoms with Gasteiger partial charge in [-0.1, -0.05) is 110 Å². The standard InChI is InChI=1S/C37H36N2/c1-5-28-14-16-29(17-15-28)26-38-36-25-24-35(33-10-8-9-11-34(33)36)37(30-18-12-27(4)13-19-30)31-20-22-32(23-21-31)39(6-2)7-3/h5,8-25,38H,1,4,6-7,26H2,2-3H3. The van der Waals surface area contributed by atoms with Crippen molar-refractivity contribution in [2.45, 2.75) is 20.4 Å². The Labute approximate surface area is 232 Å². The van der Waals surface area contributed by atoms with Gasteiger partial charge < -0.3 is 10.2 Å². The van der Waals surface area contributed by atoms with Gasteiger partial charge in [0, 0.05) is 36.4 Å². The summed E-state index contributed by atoms with van der Waals surface area (Å²) in [4.78, 5) is 2.38. The monoisotopic (exact) mass is 508 g/mol. The van der Waals surface area contributed by atoms with Crippen LogP contribution in [0.3, 0.4) is 0 Å². The van der Waals surface area contributed by atoms with Gasteiger partial charge in [0.25, 0.3) is 0 Å². The van der Waals surface area contributed by atoms with Crippen molar-refractivity contribution in [2.75, 3.05) is 23.3 Å². The van der Waals surface area contributed by atoms with E-state index in [1.807, 2.05) is 6.08 Å². The molecule has 5 aromatic carbocycles. The van der Waals surface area contributed by atoms with Crippen molar-refractivity contribution >= 4 is 40.4 Å². The minimum atomic E-state index is 0.759. The normalized spacial score (nSPS) is 10.8. The lowest BCUT2D eigenvalue weighted by molar-refractivity contribution is 0.866. The van der Waals surface area contributed by atoms with Crippen molar-refractivity contribution < 1.29 is 0 Å². The van der Waals surface area contributed by atoms with Crippen LogP contribution in [0.1, 0.15) is 36.1 Å². The molecule has 5 aromatic rings. The second-order valence-electron chi connectivity index (χ2n) is 9.80. The summed E-state index contributed by atoms with van der Waals surface area (Å²) in [6, 6.07) is 39.2. The lowest BCUT2D eigenvalue weighted by Gasteiger charge is -2.22. The van der Waals surface area contributed by atoms with Gasteiger partial charge in [0.2, 0.25) is 0 Å². The molecule has 0 fully saturated rings. The van der Waals surface area contributed by atoms with E-state index < -0.39 is 0 Å². The largest absolute Gasteiger partial charge is 0.380 e. The number of anilines is 2. The molecular formula is C37H36N2.